The van der Waals surface area contributed by atoms with Crippen LogP contribution in [0.2, 0.25) is 0 Å². The summed E-state index contributed by atoms with van der Waals surface area (Å²) in [5.74, 6) is 3.47. The molecule has 0 saturated carbocycles. The second-order valence-corrected chi connectivity index (χ2v) is 6.80. The van der Waals surface area contributed by atoms with E-state index in [4.69, 9.17) is 27.3 Å². The zero-order valence-corrected chi connectivity index (χ0v) is 21.1. The van der Waals surface area contributed by atoms with Crippen molar-refractivity contribution in [1.29, 1.82) is 5.41 Å². The lowest BCUT2D eigenvalue weighted by Gasteiger charge is -2.07. The number of nitrogens with one attached hydrogen (secondary N) is 3. The molecule has 3 heterocycles. The van der Waals surface area contributed by atoms with Crippen molar-refractivity contribution in [3.63, 3.8) is 0 Å². The zero-order chi connectivity index (χ0) is 26.2. The number of nitrogens with zero attached hydrogens (tertiary/aromatic N) is 7. The van der Waals surface area contributed by atoms with Crippen molar-refractivity contribution in [3.8, 4) is 0 Å². The number of likely N-dealkylation sites (N-methyl/N-ethyl adjacent to an activating group) is 1. The van der Waals surface area contributed by atoms with Crippen molar-refractivity contribution in [1.82, 2.24) is 25.4 Å². The van der Waals surface area contributed by atoms with Gasteiger partial charge in [-0.25, -0.2) is 4.98 Å². The van der Waals surface area contributed by atoms with E-state index < -0.39 is 0 Å². The highest BCUT2D eigenvalue weighted by atomic mass is 16.4. The van der Waals surface area contributed by atoms with Gasteiger partial charge >= 0.3 is 0 Å². The molecule has 0 saturated heterocycles. The molecule has 0 unspecified atom stereocenters. The average molecular weight is 535 g/mol. The van der Waals surface area contributed by atoms with E-state index in [-0.39, 0.29) is 41.4 Å². The second-order valence-electron chi connectivity index (χ2n) is 6.80. The number of aromatic amines is 1. The van der Waals surface area contributed by atoms with Crippen LogP contribution in [0.1, 0.15) is 77.1 Å². The highest BCUT2D eigenvalue weighted by molar-refractivity contribution is 5.81. The predicted molar refractivity (Wildman–Crippen MR) is 162 cm³/mol. The minimum atomic E-state index is 0. The van der Waals surface area contributed by atoms with Gasteiger partial charge in [0.25, 0.3) is 0 Å². The predicted octanol–water partition coefficient (Wildman–Crippen LogP) is 3.57. The molecule has 0 radical (unpaired) electrons. The summed E-state index contributed by atoms with van der Waals surface area (Å²) in [5.41, 5.74) is 10.2. The molecule has 1 aromatic rings. The molecule has 14 heteroatoms. The second kappa shape index (κ2) is 34.5. The minimum Gasteiger partial charge on any atom is -0.409 e. The van der Waals surface area contributed by atoms with E-state index in [9.17, 15) is 0 Å². The number of hydrogen-bond donors (Lipinski definition) is 7. The van der Waals surface area contributed by atoms with E-state index in [1.165, 1.54) is 26.0 Å². The maximum atomic E-state index is 7.61. The van der Waals surface area contributed by atoms with E-state index in [1.54, 1.807) is 13.8 Å². The zero-order valence-electron chi connectivity index (χ0n) is 21.1. The third kappa shape index (κ3) is 50.2. The molecule has 1 aromatic heterocycles. The largest absolute Gasteiger partial charge is 0.409 e. The fraction of sp³-hybridized carbons (Fsp3) is 0.696. The molecule has 0 atom stereocenters. The van der Waals surface area contributed by atoms with Crippen LogP contribution in [-0.4, -0.2) is 92.8 Å². The molecular weight excluding hydrogens is 476 g/mol. The Balaban J connectivity index is -0.0000000577. The molecule has 3 rings (SSSR count). The summed E-state index contributed by atoms with van der Waals surface area (Å²) in [6.45, 7) is 16.5. The quantitative estimate of drug-likeness (QED) is 0.112. The molecule has 0 bridgehead atoms. The molecule has 0 amide bonds. The van der Waals surface area contributed by atoms with Crippen LogP contribution in [0, 0.1) is 12.3 Å². The van der Waals surface area contributed by atoms with E-state index in [2.05, 4.69) is 52.7 Å². The Morgan fingerprint density at radius 3 is 1.46 bits per heavy atom. The van der Waals surface area contributed by atoms with Crippen LogP contribution >= 0.6 is 0 Å². The van der Waals surface area contributed by atoms with Gasteiger partial charge < -0.3 is 37.5 Å². The molecule has 0 spiro atoms. The highest BCUT2D eigenvalue weighted by Gasteiger charge is 2.04. The Morgan fingerprint density at radius 2 is 1.38 bits per heavy atom. The lowest BCUT2D eigenvalue weighted by atomic mass is 10.5. The Kier molecular flexibility index (Phi) is 46.8. The van der Waals surface area contributed by atoms with Gasteiger partial charge in [-0.3, -0.25) is 15.1 Å². The van der Waals surface area contributed by atoms with E-state index in [1.807, 2.05) is 20.8 Å². The first-order chi connectivity index (χ1) is 15.4. The molecule has 2 aliphatic rings. The van der Waals surface area contributed by atoms with Crippen molar-refractivity contribution in [2.45, 2.75) is 78.2 Å². The van der Waals surface area contributed by atoms with Gasteiger partial charge in [0, 0.05) is 25.8 Å². The third-order valence-electron chi connectivity index (χ3n) is 3.02. The van der Waals surface area contributed by atoms with Gasteiger partial charge in [0.05, 0.1) is 24.8 Å². The number of H-pyrrole nitrogens is 1. The van der Waals surface area contributed by atoms with Crippen molar-refractivity contribution in [3.05, 3.63) is 12.2 Å². The third-order valence-corrected chi connectivity index (χ3v) is 3.02. The summed E-state index contributed by atoms with van der Waals surface area (Å²) in [4.78, 5) is 14.1. The lowest BCUT2D eigenvalue weighted by molar-refractivity contribution is 0.318. The summed E-state index contributed by atoms with van der Waals surface area (Å²) >= 11 is 0. The maximum Gasteiger partial charge on any atom is 0.137 e. The van der Waals surface area contributed by atoms with Crippen molar-refractivity contribution in [2.24, 2.45) is 31.8 Å². The Hall–Kier alpha value is -3.71. The van der Waals surface area contributed by atoms with Crippen LogP contribution in [0.25, 0.3) is 0 Å². The van der Waals surface area contributed by atoms with Gasteiger partial charge in [-0.05, 0) is 48.5 Å². The number of aromatic nitrogens is 3. The van der Waals surface area contributed by atoms with Crippen LogP contribution in [0.4, 0.5) is 0 Å². The summed E-state index contributed by atoms with van der Waals surface area (Å²) in [6.07, 6.45) is 1.48. The first kappa shape index (κ1) is 50.2. The maximum absolute atomic E-state index is 7.61. The molecule has 222 valence electrons. The summed E-state index contributed by atoms with van der Waals surface area (Å²) in [7, 11) is 2.06. The van der Waals surface area contributed by atoms with E-state index >= 15 is 0 Å². The number of aryl methyl sites for hydroxylation is 1. The average Bonchev–Trinajstić information content (AvgIpc) is 3.49. The van der Waals surface area contributed by atoms with Gasteiger partial charge in [-0.15, -0.1) is 0 Å². The number of hydrogen-bond acceptors (Lipinski definition) is 11. The standard InChI is InChI=1S/C5H10N2.C4H8N2.C3H5N3.C3H7N.2C2H6N2O.4CH4/c1-5-6-3-4-7(5)2;1-4-5-2-3-6-4;1-3-4-2-5-6-3;1-3(2)4;2*1-2(3)4-5;;;;/h3-4H2,1-2H3;2-3H2,1H3,(H,5,6);2H,1H3,(H,4,5,6);4H,1-2H3;2*5H,1H3,(H2,3,4);4*1H4. The van der Waals surface area contributed by atoms with Gasteiger partial charge in [0.1, 0.15) is 23.8 Å². The molecule has 37 heavy (non-hydrogen) atoms. The molecule has 0 fully saturated rings. The number of aliphatic imine (C=N–C) groups is 2. The normalized spacial score (nSPS) is 12.4. The fourth-order valence-electron chi connectivity index (χ4n) is 1.43. The molecule has 14 nitrogen and oxygen atoms in total. The smallest absolute Gasteiger partial charge is 0.137 e. The van der Waals surface area contributed by atoms with E-state index in [0.29, 0.717) is 5.71 Å². The molecule has 0 aromatic carbocycles. The number of nitrogens with two attached hydrogens (primary N) is 2. The highest BCUT2D eigenvalue weighted by Crippen LogP contribution is 1.94. The van der Waals surface area contributed by atoms with Crippen LogP contribution in [-0.2, 0) is 0 Å². The topological polar surface area (TPSA) is 223 Å². The number of oxime groups is 2. The first-order valence-corrected chi connectivity index (χ1v) is 10.1. The molecular formula is C23H58N12O2. The monoisotopic (exact) mass is 534 g/mol. The summed E-state index contributed by atoms with van der Waals surface area (Å²) in [5, 5.41) is 36.2. The van der Waals surface area contributed by atoms with Gasteiger partial charge in [0.2, 0.25) is 0 Å². The SMILES string of the molecule is C.C.C.C.C/C(N)=N\O.C/C(N)=N\O.CC(C)=N.CC1=NCCN1.CC1=NCCN1C.Cc1ncn[nH]1. The Labute approximate surface area is 226 Å². The molecule has 2 aliphatic heterocycles. The van der Waals surface area contributed by atoms with E-state index in [0.717, 1.165) is 37.8 Å². The van der Waals surface area contributed by atoms with Gasteiger partial charge in [0.15, 0.2) is 0 Å². The minimum absolute atomic E-state index is 0. The van der Waals surface area contributed by atoms with Crippen LogP contribution in [0.5, 0.6) is 0 Å². The fourth-order valence-corrected chi connectivity index (χ4v) is 1.43. The summed E-state index contributed by atoms with van der Waals surface area (Å²) in [6, 6.07) is 0. The van der Waals surface area contributed by atoms with Gasteiger partial charge in [-0.2, -0.15) is 5.10 Å². The van der Waals surface area contributed by atoms with Crippen LogP contribution < -0.4 is 16.8 Å². The molecule has 0 aliphatic carbocycles. The van der Waals surface area contributed by atoms with Crippen molar-refractivity contribution >= 4 is 29.1 Å². The van der Waals surface area contributed by atoms with Crippen LogP contribution in [0.3, 0.4) is 0 Å². The first-order valence-electron chi connectivity index (χ1n) is 10.1. The van der Waals surface area contributed by atoms with Gasteiger partial charge in [-0.1, -0.05) is 40.0 Å². The van der Waals surface area contributed by atoms with Crippen molar-refractivity contribution < 1.29 is 10.4 Å². The van der Waals surface area contributed by atoms with Crippen LogP contribution in [0.15, 0.2) is 26.6 Å². The number of amidine groups is 4. The lowest BCUT2D eigenvalue weighted by Crippen LogP contribution is -2.19. The Bertz CT molecular complexity index is 702. The Morgan fingerprint density at radius 1 is 0.946 bits per heavy atom. The molecule has 9 N–H and O–H groups in total. The van der Waals surface area contributed by atoms with Crippen molar-refractivity contribution in [2.75, 3.05) is 33.2 Å². The number of rotatable bonds is 0. The summed E-state index contributed by atoms with van der Waals surface area (Å²) < 4.78 is 0.